The Balaban J connectivity index is 2.35. The molecule has 0 aromatic carbocycles. The lowest BCUT2D eigenvalue weighted by Gasteiger charge is -2.34. The highest BCUT2D eigenvalue weighted by Crippen LogP contribution is 2.28. The first kappa shape index (κ1) is 12.0. The van der Waals surface area contributed by atoms with Crippen LogP contribution < -0.4 is 5.32 Å². The van der Waals surface area contributed by atoms with E-state index in [2.05, 4.69) is 26.1 Å². The monoisotopic (exact) mass is 199 g/mol. The van der Waals surface area contributed by atoms with E-state index in [1.165, 1.54) is 19.3 Å². The quantitative estimate of drug-likeness (QED) is 0.727. The smallest absolute Gasteiger partial charge is 0.0584 e. The molecular formula is C12H25NO. The summed E-state index contributed by atoms with van der Waals surface area (Å²) in [5.41, 5.74) is 0. The highest BCUT2D eigenvalue weighted by atomic mass is 16.3. The van der Waals surface area contributed by atoms with Crippen molar-refractivity contribution >= 4 is 0 Å². The van der Waals surface area contributed by atoms with Gasteiger partial charge in [0, 0.05) is 12.1 Å². The molecule has 14 heavy (non-hydrogen) atoms. The Bertz CT molecular complexity index is 146. The van der Waals surface area contributed by atoms with Crippen molar-refractivity contribution in [3.8, 4) is 0 Å². The van der Waals surface area contributed by atoms with E-state index in [1.54, 1.807) is 0 Å². The number of hydrogen-bond donors (Lipinski definition) is 2. The van der Waals surface area contributed by atoms with Crippen molar-refractivity contribution in [3.63, 3.8) is 0 Å². The lowest BCUT2D eigenvalue weighted by atomic mass is 9.80. The molecule has 2 nitrogen and oxygen atoms in total. The minimum atomic E-state index is 0.274. The number of hydrogen-bond acceptors (Lipinski definition) is 2. The van der Waals surface area contributed by atoms with E-state index in [1.807, 2.05) is 0 Å². The first-order valence-corrected chi connectivity index (χ1v) is 6.02. The van der Waals surface area contributed by atoms with Crippen LogP contribution in [0.2, 0.25) is 0 Å². The number of rotatable bonds is 4. The van der Waals surface area contributed by atoms with Crippen molar-refractivity contribution in [1.82, 2.24) is 5.32 Å². The van der Waals surface area contributed by atoms with E-state index >= 15 is 0 Å². The first-order chi connectivity index (χ1) is 6.65. The molecule has 2 N–H and O–H groups in total. The van der Waals surface area contributed by atoms with Gasteiger partial charge in [-0.05, 0) is 37.5 Å². The fourth-order valence-electron chi connectivity index (χ4n) is 2.72. The second-order valence-corrected chi connectivity index (χ2v) is 5.07. The predicted octanol–water partition coefficient (Wildman–Crippen LogP) is 2.17. The van der Waals surface area contributed by atoms with Crippen molar-refractivity contribution in [2.45, 2.75) is 58.5 Å². The minimum absolute atomic E-state index is 0.274. The van der Waals surface area contributed by atoms with Gasteiger partial charge >= 0.3 is 0 Å². The lowest BCUT2D eigenvalue weighted by Crippen LogP contribution is -2.43. The third kappa shape index (κ3) is 3.58. The molecule has 1 aliphatic carbocycles. The average Bonchev–Trinajstić information content (AvgIpc) is 2.12. The van der Waals surface area contributed by atoms with Gasteiger partial charge in [0.05, 0.1) is 6.61 Å². The second kappa shape index (κ2) is 5.72. The molecule has 0 amide bonds. The van der Waals surface area contributed by atoms with E-state index in [0.717, 1.165) is 18.3 Å². The van der Waals surface area contributed by atoms with Crippen molar-refractivity contribution in [1.29, 1.82) is 0 Å². The van der Waals surface area contributed by atoms with Crippen LogP contribution >= 0.6 is 0 Å². The number of aliphatic hydroxyl groups excluding tert-OH is 1. The molecule has 0 aromatic heterocycles. The van der Waals surface area contributed by atoms with Crippen molar-refractivity contribution in [2.75, 3.05) is 6.61 Å². The van der Waals surface area contributed by atoms with E-state index in [4.69, 9.17) is 5.11 Å². The Morgan fingerprint density at radius 2 is 1.79 bits per heavy atom. The van der Waals surface area contributed by atoms with Gasteiger partial charge in [-0.25, -0.2) is 0 Å². The maximum atomic E-state index is 9.13. The zero-order valence-electron chi connectivity index (χ0n) is 9.79. The normalized spacial score (nSPS) is 35.6. The molecule has 84 valence electrons. The Hall–Kier alpha value is -0.0800. The van der Waals surface area contributed by atoms with E-state index in [9.17, 15) is 0 Å². The molecule has 1 fully saturated rings. The number of aliphatic hydroxyl groups is 1. The Morgan fingerprint density at radius 3 is 2.21 bits per heavy atom. The summed E-state index contributed by atoms with van der Waals surface area (Å²) in [7, 11) is 0. The summed E-state index contributed by atoms with van der Waals surface area (Å²) in [5.74, 6) is 1.68. The van der Waals surface area contributed by atoms with E-state index < -0.39 is 0 Å². The molecule has 1 aliphatic rings. The topological polar surface area (TPSA) is 32.3 Å². The maximum Gasteiger partial charge on any atom is 0.0584 e. The fourth-order valence-corrected chi connectivity index (χ4v) is 2.72. The van der Waals surface area contributed by atoms with Gasteiger partial charge in [0.1, 0.15) is 0 Å². The van der Waals surface area contributed by atoms with Crippen LogP contribution in [0, 0.1) is 11.8 Å². The molecule has 1 saturated carbocycles. The molecule has 0 saturated heterocycles. The highest BCUT2D eigenvalue weighted by molar-refractivity contribution is 4.81. The summed E-state index contributed by atoms with van der Waals surface area (Å²) in [6, 6.07) is 0.934. The van der Waals surface area contributed by atoms with Crippen LogP contribution in [0.4, 0.5) is 0 Å². The van der Waals surface area contributed by atoms with Gasteiger partial charge in [-0.1, -0.05) is 20.8 Å². The van der Waals surface area contributed by atoms with Gasteiger partial charge in [0.15, 0.2) is 0 Å². The molecule has 0 heterocycles. The van der Waals surface area contributed by atoms with Gasteiger partial charge in [-0.3, -0.25) is 0 Å². The zero-order valence-corrected chi connectivity index (χ0v) is 9.79. The third-order valence-electron chi connectivity index (χ3n) is 3.36. The van der Waals surface area contributed by atoms with Crippen molar-refractivity contribution in [2.24, 2.45) is 11.8 Å². The lowest BCUT2D eigenvalue weighted by molar-refractivity contribution is 0.184. The molecule has 3 atom stereocenters. The summed E-state index contributed by atoms with van der Waals surface area (Å²) >= 11 is 0. The maximum absolute atomic E-state index is 9.13. The third-order valence-corrected chi connectivity index (χ3v) is 3.36. The van der Waals surface area contributed by atoms with Crippen LogP contribution in [0.5, 0.6) is 0 Å². The van der Waals surface area contributed by atoms with Gasteiger partial charge in [-0.15, -0.1) is 0 Å². The SMILES string of the molecule is CC[C@H](CO)NC1C[C@H](C)C[C@@H](C)C1. The molecular weight excluding hydrogens is 174 g/mol. The molecule has 0 bridgehead atoms. The van der Waals surface area contributed by atoms with Crippen LogP contribution in [0.15, 0.2) is 0 Å². The Labute approximate surface area is 88.1 Å². The summed E-state index contributed by atoms with van der Waals surface area (Å²) in [5, 5.41) is 12.7. The summed E-state index contributed by atoms with van der Waals surface area (Å²) in [4.78, 5) is 0. The Morgan fingerprint density at radius 1 is 1.21 bits per heavy atom. The van der Waals surface area contributed by atoms with Crippen LogP contribution in [-0.4, -0.2) is 23.8 Å². The van der Waals surface area contributed by atoms with Crippen LogP contribution in [-0.2, 0) is 0 Å². The van der Waals surface area contributed by atoms with Crippen molar-refractivity contribution < 1.29 is 5.11 Å². The minimum Gasteiger partial charge on any atom is -0.395 e. The average molecular weight is 199 g/mol. The first-order valence-electron chi connectivity index (χ1n) is 6.02. The summed E-state index contributed by atoms with van der Waals surface area (Å²) < 4.78 is 0. The van der Waals surface area contributed by atoms with Gasteiger partial charge in [0.25, 0.3) is 0 Å². The number of nitrogens with one attached hydrogen (secondary N) is 1. The molecule has 2 heteroatoms. The summed E-state index contributed by atoms with van der Waals surface area (Å²) in [6.45, 7) is 7.08. The van der Waals surface area contributed by atoms with Crippen LogP contribution in [0.25, 0.3) is 0 Å². The van der Waals surface area contributed by atoms with Crippen LogP contribution in [0.1, 0.15) is 46.5 Å². The van der Waals surface area contributed by atoms with Gasteiger partial charge in [-0.2, -0.15) is 0 Å². The van der Waals surface area contributed by atoms with Crippen molar-refractivity contribution in [3.05, 3.63) is 0 Å². The Kier molecular flexibility index (Phi) is 4.90. The molecule has 0 unspecified atom stereocenters. The van der Waals surface area contributed by atoms with Crippen LogP contribution in [0.3, 0.4) is 0 Å². The molecule has 0 aliphatic heterocycles. The summed E-state index contributed by atoms with van der Waals surface area (Å²) in [6.07, 6.45) is 4.95. The predicted molar refractivity (Wildman–Crippen MR) is 60.3 cm³/mol. The molecule has 1 rings (SSSR count). The molecule has 0 radical (unpaired) electrons. The fraction of sp³-hybridized carbons (Fsp3) is 1.00. The second-order valence-electron chi connectivity index (χ2n) is 5.07. The molecule has 0 aromatic rings. The van der Waals surface area contributed by atoms with E-state index in [-0.39, 0.29) is 6.61 Å². The largest absolute Gasteiger partial charge is 0.395 e. The van der Waals surface area contributed by atoms with Gasteiger partial charge in [0.2, 0.25) is 0 Å². The highest BCUT2D eigenvalue weighted by Gasteiger charge is 2.24. The van der Waals surface area contributed by atoms with Gasteiger partial charge < -0.3 is 10.4 Å². The zero-order chi connectivity index (χ0) is 10.6. The van der Waals surface area contributed by atoms with E-state index in [0.29, 0.717) is 12.1 Å². The standard InChI is InChI=1S/C12H25NO/c1-4-11(8-14)13-12-6-9(2)5-10(3)7-12/h9-14H,4-8H2,1-3H3/t9-,10-,11-/m1/s1. The molecule has 0 spiro atoms.